The fourth-order valence-corrected chi connectivity index (χ4v) is 4.62. The number of aromatic nitrogens is 1. The van der Waals surface area contributed by atoms with Crippen molar-refractivity contribution in [3.05, 3.63) is 53.9 Å². The van der Waals surface area contributed by atoms with Crippen LogP contribution in [0.15, 0.2) is 42.7 Å². The molecule has 2 N–H and O–H groups in total. The topological polar surface area (TPSA) is 79.5 Å². The van der Waals surface area contributed by atoms with Gasteiger partial charge in [-0.15, -0.1) is 0 Å². The normalized spacial score (nSPS) is 22.5. The molecule has 0 bridgehead atoms. The largest absolute Gasteiger partial charge is 0.366 e. The number of nitrogens with two attached hydrogens (primary N) is 1. The molecule has 0 aliphatic carbocycles. The van der Waals surface area contributed by atoms with E-state index in [1.54, 1.807) is 12.3 Å². The first-order valence-corrected chi connectivity index (χ1v) is 9.79. The number of carbonyl (C=O) groups is 2. The van der Waals surface area contributed by atoms with Crippen LogP contribution < -0.4 is 5.73 Å². The molecule has 0 saturated carbocycles. The molecule has 1 aromatic heterocycles. The third kappa shape index (κ3) is 3.64. The quantitative estimate of drug-likeness (QED) is 0.889. The van der Waals surface area contributed by atoms with Gasteiger partial charge in [0.05, 0.1) is 5.56 Å². The Hall–Kier alpha value is -2.73. The molecule has 28 heavy (non-hydrogen) atoms. The lowest BCUT2D eigenvalue weighted by Gasteiger charge is -2.40. The van der Waals surface area contributed by atoms with E-state index in [0.29, 0.717) is 11.1 Å². The molecular formula is C22H26N4O2. The van der Waals surface area contributed by atoms with Gasteiger partial charge in [0, 0.05) is 48.6 Å². The van der Waals surface area contributed by atoms with Crippen LogP contribution in [-0.2, 0) is 0 Å². The zero-order valence-corrected chi connectivity index (χ0v) is 16.2. The van der Waals surface area contributed by atoms with Crippen molar-refractivity contribution in [2.24, 2.45) is 11.1 Å². The summed E-state index contributed by atoms with van der Waals surface area (Å²) in [5.74, 6) is -0.434. The lowest BCUT2D eigenvalue weighted by Crippen LogP contribution is -2.47. The minimum absolute atomic E-state index is 0.0782. The summed E-state index contributed by atoms with van der Waals surface area (Å²) in [5.41, 5.74) is 8.27. The fourth-order valence-electron chi connectivity index (χ4n) is 4.62. The molecule has 2 aliphatic heterocycles. The maximum Gasteiger partial charge on any atom is 0.253 e. The van der Waals surface area contributed by atoms with Crippen LogP contribution in [0.4, 0.5) is 0 Å². The number of pyridine rings is 1. The highest BCUT2D eigenvalue weighted by molar-refractivity contribution is 5.96. The maximum absolute atomic E-state index is 13.2. The second kappa shape index (κ2) is 7.36. The van der Waals surface area contributed by atoms with E-state index in [4.69, 9.17) is 5.73 Å². The van der Waals surface area contributed by atoms with Gasteiger partial charge in [-0.05, 0) is 56.6 Å². The van der Waals surface area contributed by atoms with E-state index >= 15 is 0 Å². The lowest BCUT2D eigenvalue weighted by atomic mass is 9.79. The van der Waals surface area contributed by atoms with Gasteiger partial charge in [0.15, 0.2) is 0 Å². The van der Waals surface area contributed by atoms with Crippen LogP contribution in [0.1, 0.15) is 40.0 Å². The van der Waals surface area contributed by atoms with Gasteiger partial charge in [-0.1, -0.05) is 12.1 Å². The van der Waals surface area contributed by atoms with Crippen LogP contribution in [0, 0.1) is 5.41 Å². The van der Waals surface area contributed by atoms with Crippen molar-refractivity contribution in [3.63, 3.8) is 0 Å². The van der Waals surface area contributed by atoms with Gasteiger partial charge >= 0.3 is 0 Å². The number of rotatable bonds is 3. The van der Waals surface area contributed by atoms with Gasteiger partial charge in [0.25, 0.3) is 5.91 Å². The number of nitrogens with zero attached hydrogens (tertiary/aromatic N) is 3. The van der Waals surface area contributed by atoms with Crippen LogP contribution in [0.25, 0.3) is 11.1 Å². The van der Waals surface area contributed by atoms with E-state index in [1.165, 1.54) is 19.0 Å². The molecule has 1 spiro atoms. The van der Waals surface area contributed by atoms with E-state index in [9.17, 15) is 9.59 Å². The average Bonchev–Trinajstić information content (AvgIpc) is 3.07. The first-order chi connectivity index (χ1) is 13.5. The SMILES string of the molecule is CN1CCC2(CCCN(C(=O)c3cccc(-c4cncc(C(N)=O)c4)c3)C2)C1. The number of carbonyl (C=O) groups excluding carboxylic acids is 2. The predicted octanol–water partition coefficient (Wildman–Crippen LogP) is 2.41. The Labute approximate surface area is 165 Å². The predicted molar refractivity (Wildman–Crippen MR) is 108 cm³/mol. The molecule has 2 saturated heterocycles. The molecule has 1 atom stereocenters. The number of hydrogen-bond donors (Lipinski definition) is 1. The molecule has 0 radical (unpaired) electrons. The molecule has 6 nitrogen and oxygen atoms in total. The van der Waals surface area contributed by atoms with E-state index < -0.39 is 5.91 Å². The highest BCUT2D eigenvalue weighted by atomic mass is 16.2. The molecule has 1 unspecified atom stereocenters. The van der Waals surface area contributed by atoms with Gasteiger partial charge in [-0.25, -0.2) is 0 Å². The van der Waals surface area contributed by atoms with Crippen LogP contribution in [0.2, 0.25) is 0 Å². The van der Waals surface area contributed by atoms with Crippen molar-refractivity contribution in [1.29, 1.82) is 0 Å². The van der Waals surface area contributed by atoms with E-state index in [-0.39, 0.29) is 11.3 Å². The minimum Gasteiger partial charge on any atom is -0.366 e. The molecule has 6 heteroatoms. The maximum atomic E-state index is 13.2. The average molecular weight is 378 g/mol. The number of primary amides is 1. The summed E-state index contributed by atoms with van der Waals surface area (Å²) in [4.78, 5) is 33.1. The summed E-state index contributed by atoms with van der Waals surface area (Å²) < 4.78 is 0. The van der Waals surface area contributed by atoms with Gasteiger partial charge < -0.3 is 15.5 Å². The monoisotopic (exact) mass is 378 g/mol. The molecule has 2 amide bonds. The zero-order chi connectivity index (χ0) is 19.7. The standard InChI is InChI=1S/C22H26N4O2/c1-25-9-7-22(14-25)6-3-8-26(15-22)21(28)17-5-2-4-16(10-17)18-11-19(20(23)27)13-24-12-18/h2,4-5,10-13H,3,6-9,14-15H2,1H3,(H2,23,27). The summed E-state index contributed by atoms with van der Waals surface area (Å²) in [6.45, 7) is 3.83. The Morgan fingerprint density at radius 3 is 2.61 bits per heavy atom. The van der Waals surface area contributed by atoms with Crippen molar-refractivity contribution in [2.45, 2.75) is 19.3 Å². The molecule has 1 aromatic carbocycles. The number of amides is 2. The third-order valence-corrected chi connectivity index (χ3v) is 6.04. The number of benzene rings is 1. The zero-order valence-electron chi connectivity index (χ0n) is 16.2. The van der Waals surface area contributed by atoms with E-state index in [1.807, 2.05) is 29.2 Å². The molecule has 2 aliphatic rings. The van der Waals surface area contributed by atoms with Gasteiger partial charge in [0.1, 0.15) is 0 Å². The Morgan fingerprint density at radius 1 is 1.04 bits per heavy atom. The molecule has 4 rings (SSSR count). The number of likely N-dealkylation sites (tertiary alicyclic amines) is 2. The number of piperidine rings is 1. The Bertz CT molecular complexity index is 909. The minimum atomic E-state index is -0.512. The van der Waals surface area contributed by atoms with Gasteiger partial charge in [-0.2, -0.15) is 0 Å². The summed E-state index contributed by atoms with van der Waals surface area (Å²) in [7, 11) is 2.16. The first kappa shape index (κ1) is 18.6. The van der Waals surface area contributed by atoms with Crippen LogP contribution in [-0.4, -0.2) is 59.8 Å². The summed E-state index contributed by atoms with van der Waals surface area (Å²) >= 11 is 0. The molecule has 2 fully saturated rings. The highest BCUT2D eigenvalue weighted by Crippen LogP contribution is 2.38. The van der Waals surface area contributed by atoms with Crippen molar-refractivity contribution in [3.8, 4) is 11.1 Å². The van der Waals surface area contributed by atoms with Crippen LogP contribution >= 0.6 is 0 Å². The summed E-state index contributed by atoms with van der Waals surface area (Å²) in [5, 5.41) is 0. The van der Waals surface area contributed by atoms with Crippen molar-refractivity contribution in [2.75, 3.05) is 33.2 Å². The van der Waals surface area contributed by atoms with Crippen LogP contribution in [0.3, 0.4) is 0 Å². The molecule has 2 aromatic rings. The lowest BCUT2D eigenvalue weighted by molar-refractivity contribution is 0.0534. The van der Waals surface area contributed by atoms with Crippen molar-refractivity contribution >= 4 is 11.8 Å². The number of hydrogen-bond acceptors (Lipinski definition) is 4. The fraction of sp³-hybridized carbons (Fsp3) is 0.409. The van der Waals surface area contributed by atoms with Gasteiger partial charge in [0.2, 0.25) is 5.91 Å². The van der Waals surface area contributed by atoms with Crippen molar-refractivity contribution in [1.82, 2.24) is 14.8 Å². The first-order valence-electron chi connectivity index (χ1n) is 9.79. The Morgan fingerprint density at radius 2 is 1.86 bits per heavy atom. The van der Waals surface area contributed by atoms with Crippen molar-refractivity contribution < 1.29 is 9.59 Å². The molecular weight excluding hydrogens is 352 g/mol. The molecule has 146 valence electrons. The van der Waals surface area contributed by atoms with Crippen LogP contribution in [0.5, 0.6) is 0 Å². The smallest absolute Gasteiger partial charge is 0.253 e. The second-order valence-electron chi connectivity index (χ2n) is 8.23. The van der Waals surface area contributed by atoms with E-state index in [2.05, 4.69) is 16.9 Å². The van der Waals surface area contributed by atoms with E-state index in [0.717, 1.165) is 43.7 Å². The summed E-state index contributed by atoms with van der Waals surface area (Å²) in [6.07, 6.45) is 6.56. The van der Waals surface area contributed by atoms with Gasteiger partial charge in [-0.3, -0.25) is 14.6 Å². The second-order valence-corrected chi connectivity index (χ2v) is 8.23. The summed E-state index contributed by atoms with van der Waals surface area (Å²) in [6, 6.07) is 9.25. The highest BCUT2D eigenvalue weighted by Gasteiger charge is 2.41. The Kier molecular flexibility index (Phi) is 4.89. The Balaban J connectivity index is 1.56. The third-order valence-electron chi connectivity index (χ3n) is 6.04. The molecule has 3 heterocycles.